The van der Waals surface area contributed by atoms with Crippen molar-refractivity contribution in [2.24, 2.45) is 5.16 Å². The second-order valence-electron chi connectivity index (χ2n) is 12.1. The van der Waals surface area contributed by atoms with Gasteiger partial charge >= 0.3 is 12.1 Å². The normalized spacial score (nSPS) is 17.2. The van der Waals surface area contributed by atoms with Gasteiger partial charge in [0.25, 0.3) is 11.8 Å². The molecule has 0 saturated carbocycles. The summed E-state index contributed by atoms with van der Waals surface area (Å²) in [6.45, 7) is 5.20. The summed E-state index contributed by atoms with van der Waals surface area (Å²) in [7, 11) is 1.27. The molecular weight excluding hydrogens is 779 g/mol. The molecule has 0 aliphatic carbocycles. The first-order chi connectivity index (χ1) is 25.5. The Morgan fingerprint density at radius 3 is 2.36 bits per heavy atom. The number of thiazole rings is 1. The Balaban J connectivity index is 1.21. The summed E-state index contributed by atoms with van der Waals surface area (Å²) in [4.78, 5) is 65.3. The minimum atomic E-state index is -0.989. The molecule has 1 saturated heterocycles. The monoisotopic (exact) mass is 811 g/mol. The van der Waals surface area contributed by atoms with Gasteiger partial charge in [-0.05, 0) is 31.9 Å². The fourth-order valence-electron chi connectivity index (χ4n) is 5.15. The average Bonchev–Trinajstić information content (AvgIpc) is 3.84. The molecule has 2 N–H and O–H groups in total. The number of rotatable bonds is 13. The molecule has 0 bridgehead atoms. The number of oxime groups is 1. The Bertz CT molecular complexity index is 1960. The van der Waals surface area contributed by atoms with Crippen LogP contribution in [0.1, 0.15) is 43.7 Å². The molecule has 4 aromatic rings. The SMILES string of the molecule is CO/N=C(\C(=O)NC1C(=O)N2C(C(=O)OC(c3ccccc3)c3ccccc3)=C(SCSc3nncs3)CSC12)c1csc(NC(=O)OC(C)(C)C)n1. The van der Waals surface area contributed by atoms with Crippen LogP contribution in [0.5, 0.6) is 0 Å². The molecule has 2 aliphatic rings. The molecule has 1 fully saturated rings. The highest BCUT2D eigenvalue weighted by molar-refractivity contribution is 8.18. The lowest BCUT2D eigenvalue weighted by Gasteiger charge is -2.49. The van der Waals surface area contributed by atoms with Crippen molar-refractivity contribution in [2.75, 3.05) is 23.3 Å². The number of aromatic nitrogens is 3. The number of hydrogen-bond donors (Lipinski definition) is 2. The molecule has 2 unspecified atom stereocenters. The number of nitrogens with one attached hydrogen (secondary N) is 2. The van der Waals surface area contributed by atoms with Crippen molar-refractivity contribution in [3.63, 3.8) is 0 Å². The molecule has 2 atom stereocenters. The minimum absolute atomic E-state index is 0.115. The number of amides is 3. The topological polar surface area (TPSA) is 174 Å². The van der Waals surface area contributed by atoms with Crippen LogP contribution in [0.2, 0.25) is 0 Å². The highest BCUT2D eigenvalue weighted by Crippen LogP contribution is 2.45. The highest BCUT2D eigenvalue weighted by atomic mass is 32.2. The number of anilines is 1. The molecule has 3 amide bonds. The average molecular weight is 812 g/mol. The van der Waals surface area contributed by atoms with Gasteiger partial charge in [0.15, 0.2) is 21.3 Å². The maximum absolute atomic E-state index is 14.3. The first-order valence-electron chi connectivity index (χ1n) is 15.9. The molecule has 4 heterocycles. The van der Waals surface area contributed by atoms with E-state index in [2.05, 4.69) is 31.0 Å². The van der Waals surface area contributed by atoms with Gasteiger partial charge < -0.3 is 19.6 Å². The molecule has 14 nitrogen and oxygen atoms in total. The number of hydrogen-bond acceptors (Lipinski definition) is 16. The van der Waals surface area contributed by atoms with E-state index in [1.807, 2.05) is 60.7 Å². The van der Waals surface area contributed by atoms with E-state index in [9.17, 15) is 19.2 Å². The van der Waals surface area contributed by atoms with Crippen LogP contribution < -0.4 is 10.6 Å². The predicted octanol–water partition coefficient (Wildman–Crippen LogP) is 6.12. The third-order valence-electron chi connectivity index (χ3n) is 7.35. The second-order valence-corrected chi connectivity index (χ2v) is 17.6. The zero-order valence-corrected chi connectivity index (χ0v) is 32.8. The van der Waals surface area contributed by atoms with Crippen LogP contribution in [0.15, 0.2) is 91.7 Å². The van der Waals surface area contributed by atoms with Gasteiger partial charge in [-0.15, -0.1) is 45.1 Å². The van der Waals surface area contributed by atoms with Gasteiger partial charge in [-0.2, -0.15) is 0 Å². The lowest BCUT2D eigenvalue weighted by atomic mass is 10.0. The first-order valence-corrected chi connectivity index (χ1v) is 20.7. The number of carbonyl (C=O) groups is 4. The Hall–Kier alpha value is -4.43. The van der Waals surface area contributed by atoms with Gasteiger partial charge in [0.05, 0.1) is 5.08 Å². The summed E-state index contributed by atoms with van der Waals surface area (Å²) in [5, 5.41) is 18.7. The molecule has 2 aliphatic heterocycles. The smallest absolute Gasteiger partial charge is 0.413 e. The molecule has 2 aromatic heterocycles. The summed E-state index contributed by atoms with van der Waals surface area (Å²) in [6.07, 6.45) is -1.44. The molecule has 0 spiro atoms. The molecule has 6 rings (SSSR count). The summed E-state index contributed by atoms with van der Waals surface area (Å²) in [6, 6.07) is 17.8. The third kappa shape index (κ3) is 9.39. The lowest BCUT2D eigenvalue weighted by molar-refractivity contribution is -0.154. The fourth-order valence-corrected chi connectivity index (χ4v) is 10.3. The lowest BCUT2D eigenvalue weighted by Crippen LogP contribution is -2.71. The Morgan fingerprint density at radius 1 is 1.04 bits per heavy atom. The minimum Gasteiger partial charge on any atom is -0.448 e. The van der Waals surface area contributed by atoms with Crippen molar-refractivity contribution in [1.82, 2.24) is 25.4 Å². The van der Waals surface area contributed by atoms with Crippen LogP contribution in [-0.4, -0.2) is 84.6 Å². The number of benzene rings is 2. The van der Waals surface area contributed by atoms with Crippen molar-refractivity contribution in [1.29, 1.82) is 0 Å². The van der Waals surface area contributed by atoms with Crippen molar-refractivity contribution in [3.05, 3.63) is 99.0 Å². The number of thioether (sulfide) groups is 3. The summed E-state index contributed by atoms with van der Waals surface area (Å²) in [5.74, 6) is -1.49. The Morgan fingerprint density at radius 2 is 1.74 bits per heavy atom. The van der Waals surface area contributed by atoms with Crippen LogP contribution in [0.3, 0.4) is 0 Å². The van der Waals surface area contributed by atoms with Crippen molar-refractivity contribution in [2.45, 2.75) is 48.2 Å². The molecular formula is C34H33N7O7S5. The van der Waals surface area contributed by atoms with Crippen LogP contribution in [0.4, 0.5) is 9.93 Å². The molecule has 276 valence electrons. The summed E-state index contributed by atoms with van der Waals surface area (Å²) < 4.78 is 12.3. The van der Waals surface area contributed by atoms with Crippen molar-refractivity contribution in [3.8, 4) is 0 Å². The van der Waals surface area contributed by atoms with Crippen molar-refractivity contribution < 1.29 is 33.5 Å². The van der Waals surface area contributed by atoms with Gasteiger partial charge in [-0.1, -0.05) is 88.9 Å². The van der Waals surface area contributed by atoms with E-state index >= 15 is 0 Å². The largest absolute Gasteiger partial charge is 0.448 e. The van der Waals surface area contributed by atoms with Gasteiger partial charge in [0, 0.05) is 16.0 Å². The fraction of sp³-hybridized carbons (Fsp3) is 0.294. The predicted molar refractivity (Wildman–Crippen MR) is 207 cm³/mol. The number of β-lactam (4-membered cyclic amide) rings is 1. The molecule has 2 aromatic carbocycles. The number of ether oxygens (including phenoxy) is 2. The van der Waals surface area contributed by atoms with Gasteiger partial charge in [-0.3, -0.25) is 19.8 Å². The second kappa shape index (κ2) is 17.1. The third-order valence-corrected chi connectivity index (χ3v) is 12.7. The van der Waals surface area contributed by atoms with E-state index in [1.54, 1.807) is 26.3 Å². The molecule has 19 heteroatoms. The van der Waals surface area contributed by atoms with Crippen LogP contribution >= 0.6 is 58.0 Å². The number of nitrogens with zero attached hydrogens (tertiary/aromatic N) is 5. The zero-order chi connectivity index (χ0) is 37.5. The molecule has 0 radical (unpaired) electrons. The number of esters is 1. The standard InChI is InChI=1S/C34H33N7O7S5/c1-34(2,3)48-32(45)38-31-36-21(15-50-31)23(40-46-4)27(42)37-24-28(43)41-25(22(16-49-29(24)41)52-18-53-33-39-35-17-51-33)30(44)47-26(19-11-7-5-8-12-19)20-13-9-6-10-14-20/h5-15,17,24,26,29H,16,18H2,1-4H3,(H,37,42)(H,36,38,45)/b40-23-. The van der Waals surface area contributed by atoms with E-state index in [4.69, 9.17) is 14.3 Å². The molecule has 53 heavy (non-hydrogen) atoms. The van der Waals surface area contributed by atoms with Gasteiger partial charge in [0.2, 0.25) is 0 Å². The quantitative estimate of drug-likeness (QED) is 0.0395. The maximum Gasteiger partial charge on any atom is 0.413 e. The summed E-state index contributed by atoms with van der Waals surface area (Å²) >= 11 is 6.78. The van der Waals surface area contributed by atoms with Crippen LogP contribution in [0, 0.1) is 0 Å². The van der Waals surface area contributed by atoms with Gasteiger partial charge in [-0.25, -0.2) is 14.6 Å². The van der Waals surface area contributed by atoms with E-state index in [-0.39, 0.29) is 22.2 Å². The first kappa shape index (κ1) is 38.3. The zero-order valence-electron chi connectivity index (χ0n) is 28.7. The van der Waals surface area contributed by atoms with Crippen LogP contribution in [-0.2, 0) is 28.7 Å². The van der Waals surface area contributed by atoms with E-state index < -0.39 is 47.0 Å². The van der Waals surface area contributed by atoms with Gasteiger partial charge in [0.1, 0.15) is 41.0 Å². The number of carbonyl (C=O) groups excluding carboxylic acids is 4. The highest BCUT2D eigenvalue weighted by Gasteiger charge is 2.55. The van der Waals surface area contributed by atoms with Crippen LogP contribution in [0.25, 0.3) is 0 Å². The van der Waals surface area contributed by atoms with E-state index in [0.717, 1.165) is 26.8 Å². The Labute approximate surface area is 325 Å². The van der Waals surface area contributed by atoms with E-state index in [1.165, 1.54) is 64.0 Å². The van der Waals surface area contributed by atoms with E-state index in [0.29, 0.717) is 15.7 Å². The number of fused-ring (bicyclic) bond motifs is 1. The maximum atomic E-state index is 14.3. The Kier molecular flexibility index (Phi) is 12.4. The summed E-state index contributed by atoms with van der Waals surface area (Å²) in [5.41, 5.74) is 2.51. The van der Waals surface area contributed by atoms with Crippen molar-refractivity contribution >= 4 is 92.7 Å².